The summed E-state index contributed by atoms with van der Waals surface area (Å²) in [6.45, 7) is 4.85. The van der Waals surface area contributed by atoms with Crippen molar-refractivity contribution in [3.8, 4) is 0 Å². The zero-order chi connectivity index (χ0) is 19.7. The van der Waals surface area contributed by atoms with Crippen LogP contribution in [0.2, 0.25) is 5.02 Å². The Morgan fingerprint density at radius 2 is 1.71 bits per heavy atom. The van der Waals surface area contributed by atoms with Gasteiger partial charge in [0.15, 0.2) is 0 Å². The quantitative estimate of drug-likeness (QED) is 0.652. The zero-order valence-electron chi connectivity index (χ0n) is 15.7. The highest BCUT2D eigenvalue weighted by atomic mass is 35.5. The second-order valence-corrected chi connectivity index (χ2v) is 9.44. The van der Waals surface area contributed by atoms with Crippen molar-refractivity contribution in [2.24, 2.45) is 0 Å². The molecule has 0 saturated carbocycles. The van der Waals surface area contributed by atoms with Crippen LogP contribution in [-0.4, -0.2) is 48.8 Å². The first-order valence-electron chi connectivity index (χ1n) is 9.26. The lowest BCUT2D eigenvalue weighted by Crippen LogP contribution is -2.48. The Labute approximate surface area is 170 Å². The topological polar surface area (TPSA) is 53.5 Å². The minimum atomic E-state index is -3.45. The van der Waals surface area contributed by atoms with E-state index >= 15 is 0 Å². The SMILES string of the molecule is Cc1ccc(S(=O)(=O)N2CCN(Cc3c(Cl)ccc4cccnc34)CC2)cc1. The smallest absolute Gasteiger partial charge is 0.243 e. The highest BCUT2D eigenvalue weighted by Crippen LogP contribution is 2.27. The van der Waals surface area contributed by atoms with Gasteiger partial charge in [0.1, 0.15) is 0 Å². The number of sulfonamides is 1. The molecule has 3 aromatic rings. The molecule has 0 unspecified atom stereocenters. The van der Waals surface area contributed by atoms with Crippen LogP contribution in [0.3, 0.4) is 0 Å². The van der Waals surface area contributed by atoms with Crippen molar-refractivity contribution in [2.45, 2.75) is 18.4 Å². The van der Waals surface area contributed by atoms with Crippen molar-refractivity contribution >= 4 is 32.5 Å². The second kappa shape index (κ2) is 7.79. The molecule has 2 aromatic carbocycles. The van der Waals surface area contributed by atoms with E-state index in [0.717, 1.165) is 22.0 Å². The van der Waals surface area contributed by atoms with Crippen LogP contribution in [0.15, 0.2) is 59.6 Å². The molecule has 7 heteroatoms. The number of halogens is 1. The maximum Gasteiger partial charge on any atom is 0.243 e. The molecule has 1 aliphatic rings. The Morgan fingerprint density at radius 3 is 2.43 bits per heavy atom. The van der Waals surface area contributed by atoms with E-state index < -0.39 is 10.0 Å². The van der Waals surface area contributed by atoms with E-state index in [9.17, 15) is 8.42 Å². The van der Waals surface area contributed by atoms with E-state index in [4.69, 9.17) is 11.6 Å². The minimum Gasteiger partial charge on any atom is -0.296 e. The van der Waals surface area contributed by atoms with Gasteiger partial charge in [-0.25, -0.2) is 8.42 Å². The fraction of sp³-hybridized carbons (Fsp3) is 0.286. The lowest BCUT2D eigenvalue weighted by Gasteiger charge is -2.34. The standard InChI is InChI=1S/C21H22ClN3O2S/c1-16-4-7-18(8-5-16)28(26,27)25-13-11-24(12-14-25)15-19-20(22)9-6-17-3-2-10-23-21(17)19/h2-10H,11-15H2,1H3. The highest BCUT2D eigenvalue weighted by Gasteiger charge is 2.28. The van der Waals surface area contributed by atoms with Crippen molar-refractivity contribution in [1.82, 2.24) is 14.2 Å². The molecule has 0 radical (unpaired) electrons. The van der Waals surface area contributed by atoms with E-state index in [0.29, 0.717) is 42.6 Å². The molecule has 1 aromatic heterocycles. The van der Waals surface area contributed by atoms with Gasteiger partial charge in [0, 0.05) is 54.9 Å². The lowest BCUT2D eigenvalue weighted by molar-refractivity contribution is 0.182. The van der Waals surface area contributed by atoms with Gasteiger partial charge in [0.05, 0.1) is 10.4 Å². The van der Waals surface area contributed by atoms with Crippen LogP contribution in [0, 0.1) is 6.92 Å². The van der Waals surface area contributed by atoms with E-state index in [1.54, 1.807) is 22.6 Å². The maximum absolute atomic E-state index is 12.9. The third kappa shape index (κ3) is 3.78. The fourth-order valence-electron chi connectivity index (χ4n) is 3.54. The third-order valence-corrected chi connectivity index (χ3v) is 7.46. The van der Waals surface area contributed by atoms with Crippen molar-refractivity contribution in [3.63, 3.8) is 0 Å². The van der Waals surface area contributed by atoms with E-state index in [-0.39, 0.29) is 0 Å². The molecule has 5 nitrogen and oxygen atoms in total. The fourth-order valence-corrected chi connectivity index (χ4v) is 5.18. The number of benzene rings is 2. The number of fused-ring (bicyclic) bond motifs is 1. The van der Waals surface area contributed by atoms with Gasteiger partial charge in [-0.3, -0.25) is 9.88 Å². The average molecular weight is 416 g/mol. The number of piperazine rings is 1. The molecule has 28 heavy (non-hydrogen) atoms. The van der Waals surface area contributed by atoms with Gasteiger partial charge in [-0.05, 0) is 31.2 Å². The molecule has 4 rings (SSSR count). The van der Waals surface area contributed by atoms with E-state index in [1.807, 2.05) is 43.3 Å². The van der Waals surface area contributed by atoms with Gasteiger partial charge in [-0.1, -0.05) is 41.4 Å². The number of pyridine rings is 1. The van der Waals surface area contributed by atoms with Crippen molar-refractivity contribution in [3.05, 3.63) is 70.9 Å². The van der Waals surface area contributed by atoms with Crippen molar-refractivity contribution < 1.29 is 8.42 Å². The Balaban J connectivity index is 1.48. The summed E-state index contributed by atoms with van der Waals surface area (Å²) in [4.78, 5) is 7.08. The van der Waals surface area contributed by atoms with Crippen LogP contribution < -0.4 is 0 Å². The molecule has 0 atom stereocenters. The minimum absolute atomic E-state index is 0.354. The first kappa shape index (κ1) is 19.3. The number of aryl methyl sites for hydroxylation is 1. The Kier molecular flexibility index (Phi) is 5.38. The molecule has 0 amide bonds. The van der Waals surface area contributed by atoms with Crippen LogP contribution in [0.5, 0.6) is 0 Å². The summed E-state index contributed by atoms with van der Waals surface area (Å²) >= 11 is 6.44. The Bertz CT molecular complexity index is 1090. The second-order valence-electron chi connectivity index (χ2n) is 7.09. The summed E-state index contributed by atoms with van der Waals surface area (Å²) in [5, 5.41) is 1.75. The van der Waals surface area contributed by atoms with Crippen molar-refractivity contribution in [2.75, 3.05) is 26.2 Å². The summed E-state index contributed by atoms with van der Waals surface area (Å²) in [6.07, 6.45) is 1.77. The molecule has 0 bridgehead atoms. The van der Waals surface area contributed by atoms with Gasteiger partial charge in [-0.15, -0.1) is 0 Å². The Hall–Kier alpha value is -1.99. The molecule has 0 spiro atoms. The predicted octanol–water partition coefficient (Wildman–Crippen LogP) is 3.70. The summed E-state index contributed by atoms with van der Waals surface area (Å²) < 4.78 is 27.3. The first-order chi connectivity index (χ1) is 13.4. The maximum atomic E-state index is 12.9. The summed E-state index contributed by atoms with van der Waals surface area (Å²) in [6, 6.07) is 14.8. The number of rotatable bonds is 4. The predicted molar refractivity (Wildman–Crippen MR) is 112 cm³/mol. The molecule has 0 N–H and O–H groups in total. The molecule has 2 heterocycles. The molecular weight excluding hydrogens is 394 g/mol. The van der Waals surface area contributed by atoms with Gasteiger partial charge in [-0.2, -0.15) is 4.31 Å². The molecule has 0 aliphatic carbocycles. The number of hydrogen-bond acceptors (Lipinski definition) is 4. The summed E-state index contributed by atoms with van der Waals surface area (Å²) in [5.74, 6) is 0. The zero-order valence-corrected chi connectivity index (χ0v) is 17.2. The average Bonchev–Trinajstić information content (AvgIpc) is 2.71. The van der Waals surface area contributed by atoms with Crippen molar-refractivity contribution in [1.29, 1.82) is 0 Å². The molecule has 1 aliphatic heterocycles. The third-order valence-electron chi connectivity index (χ3n) is 5.19. The number of aromatic nitrogens is 1. The molecule has 1 saturated heterocycles. The van der Waals surface area contributed by atoms with Crippen LogP contribution in [0.1, 0.15) is 11.1 Å². The van der Waals surface area contributed by atoms with Gasteiger partial charge < -0.3 is 0 Å². The first-order valence-corrected chi connectivity index (χ1v) is 11.1. The van der Waals surface area contributed by atoms with Crippen LogP contribution in [-0.2, 0) is 16.6 Å². The highest BCUT2D eigenvalue weighted by molar-refractivity contribution is 7.89. The van der Waals surface area contributed by atoms with Gasteiger partial charge >= 0.3 is 0 Å². The number of nitrogens with zero attached hydrogens (tertiary/aromatic N) is 3. The number of hydrogen-bond donors (Lipinski definition) is 0. The van der Waals surface area contributed by atoms with Gasteiger partial charge in [0.25, 0.3) is 0 Å². The summed E-state index contributed by atoms with van der Waals surface area (Å²) in [5.41, 5.74) is 2.95. The molecule has 146 valence electrons. The van der Waals surface area contributed by atoms with Crippen LogP contribution in [0.25, 0.3) is 10.9 Å². The normalized spacial score (nSPS) is 16.5. The van der Waals surface area contributed by atoms with Crippen LogP contribution in [0.4, 0.5) is 0 Å². The molecule has 1 fully saturated rings. The van der Waals surface area contributed by atoms with E-state index in [1.165, 1.54) is 0 Å². The summed E-state index contributed by atoms with van der Waals surface area (Å²) in [7, 11) is -3.45. The monoisotopic (exact) mass is 415 g/mol. The lowest BCUT2D eigenvalue weighted by atomic mass is 10.1. The largest absolute Gasteiger partial charge is 0.296 e. The van der Waals surface area contributed by atoms with Crippen LogP contribution >= 0.6 is 11.6 Å². The Morgan fingerprint density at radius 1 is 1.00 bits per heavy atom. The molecular formula is C21H22ClN3O2S. The van der Waals surface area contributed by atoms with Gasteiger partial charge in [0.2, 0.25) is 10.0 Å². The van der Waals surface area contributed by atoms with E-state index in [2.05, 4.69) is 9.88 Å².